The van der Waals surface area contributed by atoms with Gasteiger partial charge in [-0.2, -0.15) is 0 Å². The average molecular weight is 370 g/mol. The number of aromatic nitrogens is 1. The summed E-state index contributed by atoms with van der Waals surface area (Å²) in [6.07, 6.45) is 1.79. The number of pyridine rings is 1. The van der Waals surface area contributed by atoms with Crippen molar-refractivity contribution < 1.29 is 9.47 Å². The molecule has 0 amide bonds. The van der Waals surface area contributed by atoms with E-state index in [2.05, 4.69) is 26.2 Å². The number of hydrogen-bond acceptors (Lipinski definition) is 4. The predicted octanol–water partition coefficient (Wildman–Crippen LogP) is 4.19. The van der Waals surface area contributed by atoms with Crippen molar-refractivity contribution in [3.63, 3.8) is 0 Å². The van der Waals surface area contributed by atoms with Crippen LogP contribution in [0.25, 0.3) is 0 Å². The van der Waals surface area contributed by atoms with Crippen molar-refractivity contribution >= 4 is 33.2 Å². The Morgan fingerprint density at radius 2 is 2.10 bits per heavy atom. The van der Waals surface area contributed by atoms with Gasteiger partial charge in [0.1, 0.15) is 17.8 Å². The van der Waals surface area contributed by atoms with Crippen molar-refractivity contribution in [2.24, 2.45) is 0 Å². The first-order valence-electron chi connectivity index (χ1n) is 6.57. The summed E-state index contributed by atoms with van der Waals surface area (Å²) in [4.78, 5) is 4.26. The lowest BCUT2D eigenvalue weighted by Crippen LogP contribution is -2.16. The molecule has 0 radical (unpaired) electrons. The summed E-state index contributed by atoms with van der Waals surface area (Å²) in [7, 11) is 0. The molecule has 0 unspecified atom stereocenters. The topological polar surface area (TPSA) is 43.4 Å². The third-order valence-electron chi connectivity index (χ3n) is 3.17. The summed E-state index contributed by atoms with van der Waals surface area (Å²) >= 11 is 9.61. The highest BCUT2D eigenvalue weighted by molar-refractivity contribution is 9.10. The summed E-state index contributed by atoms with van der Waals surface area (Å²) in [5.41, 5.74) is 3.08. The molecule has 0 saturated heterocycles. The molecular weight excluding hydrogens is 356 g/mol. The first-order chi connectivity index (χ1) is 10.1. The number of nitrogens with one attached hydrogen (secondary N) is 1. The van der Waals surface area contributed by atoms with Crippen LogP contribution in [0.4, 0.5) is 5.69 Å². The minimum Gasteiger partial charge on any atom is -0.486 e. The van der Waals surface area contributed by atoms with Crippen LogP contribution in [-0.4, -0.2) is 18.2 Å². The monoisotopic (exact) mass is 368 g/mol. The van der Waals surface area contributed by atoms with Crippen LogP contribution in [-0.2, 0) is 6.54 Å². The predicted molar refractivity (Wildman–Crippen MR) is 86.4 cm³/mol. The first-order valence-corrected chi connectivity index (χ1v) is 7.74. The third kappa shape index (κ3) is 3.24. The van der Waals surface area contributed by atoms with Gasteiger partial charge < -0.3 is 14.8 Å². The van der Waals surface area contributed by atoms with Crippen LogP contribution in [0.15, 0.2) is 29.0 Å². The summed E-state index contributed by atoms with van der Waals surface area (Å²) in [5, 5.41) is 3.90. The summed E-state index contributed by atoms with van der Waals surface area (Å²) < 4.78 is 11.9. The van der Waals surface area contributed by atoms with Gasteiger partial charge in [-0.05, 0) is 52.2 Å². The second-order valence-corrected chi connectivity index (χ2v) is 5.95. The molecule has 0 spiro atoms. The molecular formula is C15H14BrClN2O2. The number of ether oxygens (including phenoxy) is 2. The number of anilines is 1. The maximum absolute atomic E-state index is 6.22. The zero-order valence-corrected chi connectivity index (χ0v) is 13.8. The van der Waals surface area contributed by atoms with Crippen LogP contribution in [0.1, 0.15) is 11.1 Å². The molecule has 21 heavy (non-hydrogen) atoms. The van der Waals surface area contributed by atoms with E-state index in [0.717, 1.165) is 21.4 Å². The molecule has 0 atom stereocenters. The van der Waals surface area contributed by atoms with E-state index in [0.29, 0.717) is 36.3 Å². The molecule has 0 saturated carbocycles. The Kier molecular flexibility index (Phi) is 4.22. The number of benzene rings is 1. The molecule has 2 heterocycles. The second kappa shape index (κ2) is 6.12. The van der Waals surface area contributed by atoms with Gasteiger partial charge in [-0.3, -0.25) is 0 Å². The van der Waals surface area contributed by atoms with Crippen molar-refractivity contribution in [2.75, 3.05) is 18.5 Å². The molecule has 1 aromatic carbocycles. The summed E-state index contributed by atoms with van der Waals surface area (Å²) in [5.74, 6) is 1.34. The third-order valence-corrected chi connectivity index (χ3v) is 4.28. The van der Waals surface area contributed by atoms with Gasteiger partial charge in [-0.25, -0.2) is 4.98 Å². The molecule has 1 aromatic heterocycles. The SMILES string of the molecule is Cc1cc(NCc2cc(Cl)c3c(c2)OCCO3)cnc1Br. The minimum absolute atomic E-state index is 0.536. The molecule has 1 N–H and O–H groups in total. The largest absolute Gasteiger partial charge is 0.486 e. The highest BCUT2D eigenvalue weighted by Crippen LogP contribution is 2.38. The Balaban J connectivity index is 1.76. The maximum atomic E-state index is 6.22. The fraction of sp³-hybridized carbons (Fsp3) is 0.267. The van der Waals surface area contributed by atoms with Crippen LogP contribution >= 0.6 is 27.5 Å². The molecule has 6 heteroatoms. The number of hydrogen-bond donors (Lipinski definition) is 1. The summed E-state index contributed by atoms with van der Waals surface area (Å²) in [6.45, 7) is 3.73. The lowest BCUT2D eigenvalue weighted by Gasteiger charge is -2.20. The summed E-state index contributed by atoms with van der Waals surface area (Å²) in [6, 6.07) is 5.88. The highest BCUT2D eigenvalue weighted by Gasteiger charge is 2.16. The van der Waals surface area contributed by atoms with Crippen molar-refractivity contribution in [3.05, 3.63) is 45.1 Å². The van der Waals surface area contributed by atoms with Crippen LogP contribution in [0.5, 0.6) is 11.5 Å². The normalized spacial score (nSPS) is 13.1. The lowest BCUT2D eigenvalue weighted by molar-refractivity contribution is 0.171. The van der Waals surface area contributed by atoms with E-state index in [1.165, 1.54) is 0 Å². The van der Waals surface area contributed by atoms with E-state index >= 15 is 0 Å². The van der Waals surface area contributed by atoms with Gasteiger partial charge in [0.05, 0.1) is 16.9 Å². The number of nitrogens with zero attached hydrogens (tertiary/aromatic N) is 1. The maximum Gasteiger partial charge on any atom is 0.179 e. The van der Waals surface area contributed by atoms with Gasteiger partial charge in [0.2, 0.25) is 0 Å². The van der Waals surface area contributed by atoms with E-state index in [4.69, 9.17) is 21.1 Å². The van der Waals surface area contributed by atoms with Crippen molar-refractivity contribution in [1.82, 2.24) is 4.98 Å². The first kappa shape index (κ1) is 14.5. The van der Waals surface area contributed by atoms with Gasteiger partial charge in [0.25, 0.3) is 0 Å². The molecule has 0 fully saturated rings. The molecule has 110 valence electrons. The Labute approximate surface area is 136 Å². The fourth-order valence-electron chi connectivity index (χ4n) is 2.13. The van der Waals surface area contributed by atoms with Crippen molar-refractivity contribution in [1.29, 1.82) is 0 Å². The van der Waals surface area contributed by atoms with Crippen LogP contribution < -0.4 is 14.8 Å². The second-order valence-electron chi connectivity index (χ2n) is 4.79. The Bertz CT molecular complexity index is 679. The zero-order chi connectivity index (χ0) is 14.8. The van der Waals surface area contributed by atoms with Crippen molar-refractivity contribution in [2.45, 2.75) is 13.5 Å². The molecule has 0 bridgehead atoms. The van der Waals surface area contributed by atoms with Crippen LogP contribution in [0.2, 0.25) is 5.02 Å². The van der Waals surface area contributed by atoms with Gasteiger partial charge in [-0.1, -0.05) is 11.6 Å². The smallest absolute Gasteiger partial charge is 0.179 e. The van der Waals surface area contributed by atoms with Crippen LogP contribution in [0.3, 0.4) is 0 Å². The van der Waals surface area contributed by atoms with E-state index in [9.17, 15) is 0 Å². The zero-order valence-electron chi connectivity index (χ0n) is 11.5. The lowest BCUT2D eigenvalue weighted by atomic mass is 10.2. The molecule has 1 aliphatic heterocycles. The van der Waals surface area contributed by atoms with Gasteiger partial charge in [0.15, 0.2) is 11.5 Å². The molecule has 4 nitrogen and oxygen atoms in total. The molecule has 3 rings (SSSR count). The molecule has 2 aromatic rings. The van der Waals surface area contributed by atoms with Crippen molar-refractivity contribution in [3.8, 4) is 11.5 Å². The van der Waals surface area contributed by atoms with Gasteiger partial charge in [0, 0.05) is 6.54 Å². The Morgan fingerprint density at radius 1 is 1.29 bits per heavy atom. The minimum atomic E-state index is 0.536. The van der Waals surface area contributed by atoms with Gasteiger partial charge >= 0.3 is 0 Å². The Morgan fingerprint density at radius 3 is 2.90 bits per heavy atom. The highest BCUT2D eigenvalue weighted by atomic mass is 79.9. The number of aryl methyl sites for hydroxylation is 1. The number of rotatable bonds is 3. The fourth-order valence-corrected chi connectivity index (χ4v) is 2.63. The quantitative estimate of drug-likeness (QED) is 0.824. The van der Waals surface area contributed by atoms with E-state index in [1.807, 2.05) is 25.1 Å². The van der Waals surface area contributed by atoms with E-state index in [1.54, 1.807) is 6.20 Å². The standard InChI is InChI=1S/C15H14BrClN2O2/c1-9-4-11(8-19-15(9)16)18-7-10-5-12(17)14-13(6-10)20-2-3-21-14/h4-6,8,18H,2-3,7H2,1H3. The Hall–Kier alpha value is -1.46. The van der Waals surface area contributed by atoms with Gasteiger partial charge in [-0.15, -0.1) is 0 Å². The molecule has 1 aliphatic rings. The number of fused-ring (bicyclic) bond motifs is 1. The molecule has 0 aliphatic carbocycles. The number of halogens is 2. The van der Waals surface area contributed by atoms with E-state index < -0.39 is 0 Å². The average Bonchev–Trinajstić information content (AvgIpc) is 2.49. The van der Waals surface area contributed by atoms with Crippen LogP contribution in [0, 0.1) is 6.92 Å². The van der Waals surface area contributed by atoms with E-state index in [-0.39, 0.29) is 0 Å².